The first-order chi connectivity index (χ1) is 19.7. The molecule has 2 aromatic carbocycles. The summed E-state index contributed by atoms with van der Waals surface area (Å²) in [6, 6.07) is 11.9. The van der Waals surface area contributed by atoms with Crippen LogP contribution in [0.4, 0.5) is 0 Å². The maximum Gasteiger partial charge on any atom is 0.214 e. The molecule has 0 spiro atoms. The quantitative estimate of drug-likeness (QED) is 0.165. The third-order valence-electron chi connectivity index (χ3n) is 10.0. The number of rotatable bonds is 6. The summed E-state index contributed by atoms with van der Waals surface area (Å²) >= 11 is 0. The van der Waals surface area contributed by atoms with Gasteiger partial charge in [-0.05, 0) is 45.4 Å². The molecule has 3 nitrogen and oxygen atoms in total. The van der Waals surface area contributed by atoms with E-state index < -0.39 is 16.1 Å². The van der Waals surface area contributed by atoms with E-state index in [0.29, 0.717) is 55.7 Å². The number of hydrogen-bond acceptors (Lipinski definition) is 3. The van der Waals surface area contributed by atoms with Gasteiger partial charge in [-0.1, -0.05) is 119 Å². The van der Waals surface area contributed by atoms with Gasteiger partial charge in [0.05, 0.1) is 11.1 Å². The summed E-state index contributed by atoms with van der Waals surface area (Å²) < 4.78 is 0. The van der Waals surface area contributed by atoms with Crippen molar-refractivity contribution < 1.29 is 4.79 Å². The van der Waals surface area contributed by atoms with Gasteiger partial charge in [0.25, 0.3) is 0 Å². The lowest BCUT2D eigenvalue weighted by Crippen LogP contribution is -2.43. The molecule has 0 atom stereocenters. The minimum absolute atomic E-state index is 0.0634. The third-order valence-corrected chi connectivity index (χ3v) is 22.6. The van der Waals surface area contributed by atoms with E-state index in [2.05, 4.69) is 118 Å². The maximum absolute atomic E-state index is 13.4. The lowest BCUT2D eigenvalue weighted by atomic mass is 10.1. The highest BCUT2D eigenvalue weighted by Gasteiger charge is 2.43. The SMILES string of the molecule is CC(C)[Si](C#Cc1ccc(C#C[Si](C(C)C)(C(C)C)C(C)C)c2nc3c(nc12)C(=O)c1ccccc1-3)(C(C)C)C(C)C. The van der Waals surface area contributed by atoms with Gasteiger partial charge in [-0.25, -0.2) is 9.97 Å². The van der Waals surface area contributed by atoms with Gasteiger partial charge in [0.15, 0.2) is 0 Å². The van der Waals surface area contributed by atoms with Crippen LogP contribution in [0.25, 0.3) is 22.3 Å². The Morgan fingerprint density at radius 1 is 0.524 bits per heavy atom. The second kappa shape index (κ2) is 11.9. The fourth-order valence-corrected chi connectivity index (χ4v) is 18.4. The van der Waals surface area contributed by atoms with Crippen LogP contribution in [-0.2, 0) is 0 Å². The average Bonchev–Trinajstić information content (AvgIpc) is 3.19. The molecule has 1 heterocycles. The Labute approximate surface area is 256 Å². The van der Waals surface area contributed by atoms with Crippen LogP contribution in [0.5, 0.6) is 0 Å². The van der Waals surface area contributed by atoms with Gasteiger partial charge in [0.2, 0.25) is 5.78 Å². The van der Waals surface area contributed by atoms with Crippen molar-refractivity contribution >= 4 is 33.0 Å². The topological polar surface area (TPSA) is 42.9 Å². The zero-order valence-electron chi connectivity index (χ0n) is 27.7. The van der Waals surface area contributed by atoms with E-state index in [1.54, 1.807) is 0 Å². The van der Waals surface area contributed by atoms with E-state index in [-0.39, 0.29) is 5.78 Å². The summed E-state index contributed by atoms with van der Waals surface area (Å²) in [5, 5.41) is 0. The number of ketones is 1. The molecule has 42 heavy (non-hydrogen) atoms. The van der Waals surface area contributed by atoms with Crippen LogP contribution in [0, 0.1) is 22.9 Å². The summed E-state index contributed by atoms with van der Waals surface area (Å²) in [5.74, 6) is 7.19. The van der Waals surface area contributed by atoms with Gasteiger partial charge in [0, 0.05) is 11.1 Å². The summed E-state index contributed by atoms with van der Waals surface area (Å²) in [6.07, 6.45) is 0. The highest BCUT2D eigenvalue weighted by molar-refractivity contribution is 6.91. The van der Waals surface area contributed by atoms with Gasteiger partial charge >= 0.3 is 0 Å². The van der Waals surface area contributed by atoms with Crippen molar-refractivity contribution in [2.45, 2.75) is 116 Å². The van der Waals surface area contributed by atoms with Crippen LogP contribution < -0.4 is 0 Å². The fraction of sp³-hybridized carbons (Fsp3) is 0.486. The molecule has 1 aromatic heterocycles. The Kier molecular flexibility index (Phi) is 9.08. The highest BCUT2D eigenvalue weighted by Crippen LogP contribution is 2.42. The number of benzene rings is 2. The molecule has 5 heteroatoms. The number of aromatic nitrogens is 2. The van der Waals surface area contributed by atoms with Crippen molar-refractivity contribution in [1.82, 2.24) is 9.97 Å². The molecular weight excluding hydrogens is 545 g/mol. The van der Waals surface area contributed by atoms with Crippen LogP contribution in [0.2, 0.25) is 33.2 Å². The molecular formula is C37H48N2OSi2. The Morgan fingerprint density at radius 3 is 1.26 bits per heavy atom. The maximum atomic E-state index is 13.4. The Hall–Kier alpha value is -3.00. The van der Waals surface area contributed by atoms with E-state index in [1.807, 2.05) is 24.3 Å². The molecule has 0 aliphatic heterocycles. The first-order valence-corrected chi connectivity index (χ1v) is 20.2. The van der Waals surface area contributed by atoms with Gasteiger partial charge in [-0.2, -0.15) is 0 Å². The van der Waals surface area contributed by atoms with Crippen molar-refractivity contribution in [2.75, 3.05) is 0 Å². The van der Waals surface area contributed by atoms with Crippen molar-refractivity contribution in [1.29, 1.82) is 0 Å². The molecule has 0 saturated carbocycles. The van der Waals surface area contributed by atoms with Crippen LogP contribution in [0.3, 0.4) is 0 Å². The van der Waals surface area contributed by atoms with Crippen molar-refractivity contribution in [2.24, 2.45) is 0 Å². The van der Waals surface area contributed by atoms with Gasteiger partial charge < -0.3 is 0 Å². The van der Waals surface area contributed by atoms with Crippen LogP contribution in [0.1, 0.15) is 110 Å². The molecule has 4 rings (SSSR count). The fourth-order valence-electron chi connectivity index (χ4n) is 7.92. The zero-order valence-corrected chi connectivity index (χ0v) is 29.7. The first kappa shape index (κ1) is 31.9. The Balaban J connectivity index is 2.05. The normalized spacial score (nSPS) is 13.2. The molecule has 0 amide bonds. The van der Waals surface area contributed by atoms with Gasteiger partial charge in [0.1, 0.15) is 38.6 Å². The molecule has 3 aromatic rings. The molecule has 1 aliphatic rings. The van der Waals surface area contributed by atoms with Crippen molar-refractivity contribution in [3.05, 3.63) is 58.8 Å². The van der Waals surface area contributed by atoms with E-state index in [0.717, 1.165) is 22.2 Å². The van der Waals surface area contributed by atoms with E-state index in [1.165, 1.54) is 0 Å². The predicted octanol–water partition coefficient (Wildman–Crippen LogP) is 9.98. The van der Waals surface area contributed by atoms with Crippen molar-refractivity contribution in [3.8, 4) is 34.2 Å². The van der Waals surface area contributed by atoms with Crippen molar-refractivity contribution in [3.63, 3.8) is 0 Å². The Bertz CT molecular complexity index is 1600. The smallest absolute Gasteiger partial charge is 0.214 e. The second-order valence-electron chi connectivity index (χ2n) is 13.9. The number of fused-ring (bicyclic) bond motifs is 4. The summed E-state index contributed by atoms with van der Waals surface area (Å²) in [4.78, 5) is 23.6. The summed E-state index contributed by atoms with van der Waals surface area (Å²) in [7, 11) is -3.94. The van der Waals surface area contributed by atoms with Crippen LogP contribution in [0.15, 0.2) is 36.4 Å². The molecule has 0 unspecified atom stereocenters. The molecule has 0 radical (unpaired) electrons. The van der Waals surface area contributed by atoms with E-state index in [9.17, 15) is 4.79 Å². The number of carbonyl (C=O) groups is 1. The van der Waals surface area contributed by atoms with E-state index >= 15 is 0 Å². The Morgan fingerprint density at radius 2 is 0.881 bits per heavy atom. The average molecular weight is 593 g/mol. The third kappa shape index (κ3) is 5.10. The molecule has 0 saturated heterocycles. The van der Waals surface area contributed by atoms with Crippen LogP contribution in [-0.4, -0.2) is 31.9 Å². The minimum atomic E-state index is -1.97. The number of hydrogen-bond donors (Lipinski definition) is 0. The largest absolute Gasteiger partial charge is 0.287 e. The molecule has 0 fully saturated rings. The monoisotopic (exact) mass is 592 g/mol. The first-order valence-electron chi connectivity index (χ1n) is 15.7. The van der Waals surface area contributed by atoms with E-state index in [4.69, 9.17) is 9.97 Å². The predicted molar refractivity (Wildman–Crippen MR) is 184 cm³/mol. The van der Waals surface area contributed by atoms with Gasteiger partial charge in [-0.15, -0.1) is 11.1 Å². The minimum Gasteiger partial charge on any atom is -0.287 e. The molecule has 220 valence electrons. The lowest BCUT2D eigenvalue weighted by molar-refractivity contribution is 0.103. The lowest BCUT2D eigenvalue weighted by Gasteiger charge is -2.38. The number of carbonyl (C=O) groups excluding carboxylic acids is 1. The summed E-state index contributed by atoms with van der Waals surface area (Å²) in [5.41, 5.74) is 16.7. The van der Waals surface area contributed by atoms with Gasteiger partial charge in [-0.3, -0.25) is 4.79 Å². The second-order valence-corrected chi connectivity index (χ2v) is 25.1. The number of nitrogens with zero attached hydrogens (tertiary/aromatic N) is 2. The van der Waals surface area contributed by atoms with Crippen LogP contribution >= 0.6 is 0 Å². The molecule has 0 N–H and O–H groups in total. The molecule has 0 bridgehead atoms. The molecule has 1 aliphatic carbocycles. The summed E-state index contributed by atoms with van der Waals surface area (Å²) in [6.45, 7) is 28.0. The zero-order chi connectivity index (χ0) is 31.1. The highest BCUT2D eigenvalue weighted by atomic mass is 28.3. The standard InChI is InChI=1S/C37H48N2OSi2/c1-23(2)41(24(3)4,25(5)6)21-19-29-17-18-30(20-22-42(26(7)8,27(9)10)28(11)12)34-33(29)38-35-31-15-13-14-16-32(31)37(40)36(35)39-34/h13-18,23-28H,1-12H3.